The Morgan fingerprint density at radius 3 is 2.69 bits per heavy atom. The predicted octanol–water partition coefficient (Wildman–Crippen LogP) is 2.74. The second-order valence-electron chi connectivity index (χ2n) is 3.48. The molecule has 3 N–H and O–H groups in total. The van der Waals surface area contributed by atoms with Crippen LogP contribution in [0.5, 0.6) is 5.75 Å². The Labute approximate surface area is 102 Å². The molecule has 84 valence electrons. The Kier molecular flexibility index (Phi) is 2.87. The average molecular weight is 282 g/mol. The third kappa shape index (κ3) is 1.78. The zero-order valence-electron chi connectivity index (χ0n) is 9.04. The smallest absolute Gasteiger partial charge is 0.126 e. The molecule has 1 aromatic carbocycles. The molecule has 0 spiro atoms. The molecule has 0 aliphatic heterocycles. The first-order valence-electron chi connectivity index (χ1n) is 4.77. The summed E-state index contributed by atoms with van der Waals surface area (Å²) >= 11 is 3.50. The van der Waals surface area contributed by atoms with Crippen LogP contribution in [0.1, 0.15) is 5.56 Å². The maximum atomic E-state index is 5.81. The summed E-state index contributed by atoms with van der Waals surface area (Å²) in [6, 6.07) is 3.87. The highest BCUT2D eigenvalue weighted by Crippen LogP contribution is 2.34. The maximum absolute atomic E-state index is 5.81. The summed E-state index contributed by atoms with van der Waals surface area (Å²) in [4.78, 5) is 0. The zero-order chi connectivity index (χ0) is 11.7. The lowest BCUT2D eigenvalue weighted by Gasteiger charge is -2.09. The highest BCUT2D eigenvalue weighted by molar-refractivity contribution is 9.10. The van der Waals surface area contributed by atoms with Crippen LogP contribution in [0.3, 0.4) is 0 Å². The Hall–Kier alpha value is -1.49. The van der Waals surface area contributed by atoms with Crippen LogP contribution in [0.25, 0.3) is 11.1 Å². The van der Waals surface area contributed by atoms with Crippen molar-refractivity contribution in [1.82, 2.24) is 10.2 Å². The number of nitrogens with one attached hydrogen (secondary N) is 1. The fraction of sp³-hybridized carbons (Fsp3) is 0.182. The van der Waals surface area contributed by atoms with E-state index in [1.165, 1.54) is 0 Å². The summed E-state index contributed by atoms with van der Waals surface area (Å²) in [5.74, 6) is 1.34. The SMILES string of the molecule is COc1cc(Br)c(C)c(-c2cn[nH]c2N)c1. The highest BCUT2D eigenvalue weighted by atomic mass is 79.9. The number of aromatic nitrogens is 2. The molecule has 0 saturated heterocycles. The number of nitrogen functional groups attached to an aromatic ring is 1. The largest absolute Gasteiger partial charge is 0.497 e. The van der Waals surface area contributed by atoms with Crippen molar-refractivity contribution in [1.29, 1.82) is 0 Å². The first-order chi connectivity index (χ1) is 7.63. The lowest BCUT2D eigenvalue weighted by atomic mass is 10.0. The summed E-state index contributed by atoms with van der Waals surface area (Å²) in [5.41, 5.74) is 8.81. The van der Waals surface area contributed by atoms with E-state index in [2.05, 4.69) is 26.1 Å². The molecule has 2 aromatic rings. The zero-order valence-corrected chi connectivity index (χ0v) is 10.6. The van der Waals surface area contributed by atoms with Crippen LogP contribution in [0.4, 0.5) is 5.82 Å². The van der Waals surface area contributed by atoms with Crippen LogP contribution in [-0.2, 0) is 0 Å². The third-order valence-corrected chi connectivity index (χ3v) is 3.34. The molecule has 0 radical (unpaired) electrons. The lowest BCUT2D eigenvalue weighted by molar-refractivity contribution is 0.414. The fourth-order valence-corrected chi connectivity index (χ4v) is 2.00. The molecule has 16 heavy (non-hydrogen) atoms. The Morgan fingerprint density at radius 1 is 1.38 bits per heavy atom. The van der Waals surface area contributed by atoms with Gasteiger partial charge in [0, 0.05) is 10.0 Å². The van der Waals surface area contributed by atoms with E-state index in [0.29, 0.717) is 5.82 Å². The molecule has 0 bridgehead atoms. The van der Waals surface area contributed by atoms with Crippen molar-refractivity contribution in [2.75, 3.05) is 12.8 Å². The number of rotatable bonds is 2. The van der Waals surface area contributed by atoms with Crippen LogP contribution in [-0.4, -0.2) is 17.3 Å². The van der Waals surface area contributed by atoms with Gasteiger partial charge in [0.25, 0.3) is 0 Å². The molecule has 5 heteroatoms. The van der Waals surface area contributed by atoms with Gasteiger partial charge < -0.3 is 10.5 Å². The third-order valence-electron chi connectivity index (χ3n) is 2.51. The van der Waals surface area contributed by atoms with Gasteiger partial charge >= 0.3 is 0 Å². The van der Waals surface area contributed by atoms with E-state index in [-0.39, 0.29) is 0 Å². The Balaban J connectivity index is 2.64. The topological polar surface area (TPSA) is 63.9 Å². The molecule has 0 aliphatic rings. The molecular formula is C11H12BrN3O. The molecule has 1 aromatic heterocycles. The number of ether oxygens (including phenoxy) is 1. The van der Waals surface area contributed by atoms with Gasteiger partial charge in [0.1, 0.15) is 11.6 Å². The number of benzene rings is 1. The second-order valence-corrected chi connectivity index (χ2v) is 4.33. The summed E-state index contributed by atoms with van der Waals surface area (Å²) < 4.78 is 6.22. The summed E-state index contributed by atoms with van der Waals surface area (Å²) in [6.07, 6.45) is 1.71. The molecule has 2 rings (SSSR count). The van der Waals surface area contributed by atoms with Gasteiger partial charge in [-0.15, -0.1) is 0 Å². The van der Waals surface area contributed by atoms with Crippen molar-refractivity contribution in [3.8, 4) is 16.9 Å². The molecule has 0 unspecified atom stereocenters. The number of anilines is 1. The number of nitrogens with two attached hydrogens (primary N) is 1. The number of hydrogen-bond donors (Lipinski definition) is 2. The molecule has 0 fully saturated rings. The average Bonchev–Trinajstić information content (AvgIpc) is 2.68. The molecule has 0 aliphatic carbocycles. The van der Waals surface area contributed by atoms with Crippen LogP contribution in [0.15, 0.2) is 22.8 Å². The molecule has 0 amide bonds. The molecular weight excluding hydrogens is 270 g/mol. The van der Waals surface area contributed by atoms with Crippen LogP contribution in [0, 0.1) is 6.92 Å². The predicted molar refractivity (Wildman–Crippen MR) is 67.4 cm³/mol. The highest BCUT2D eigenvalue weighted by Gasteiger charge is 2.11. The molecule has 4 nitrogen and oxygen atoms in total. The van der Waals surface area contributed by atoms with Gasteiger partial charge in [0.05, 0.1) is 13.3 Å². The van der Waals surface area contributed by atoms with E-state index in [1.54, 1.807) is 13.3 Å². The number of nitrogens with zero attached hydrogens (tertiary/aromatic N) is 1. The van der Waals surface area contributed by atoms with E-state index in [4.69, 9.17) is 10.5 Å². The monoisotopic (exact) mass is 281 g/mol. The van der Waals surface area contributed by atoms with Crippen LogP contribution in [0.2, 0.25) is 0 Å². The van der Waals surface area contributed by atoms with Crippen molar-refractivity contribution < 1.29 is 4.74 Å². The lowest BCUT2D eigenvalue weighted by Crippen LogP contribution is -1.92. The number of H-pyrrole nitrogens is 1. The van der Waals surface area contributed by atoms with Crippen LogP contribution >= 0.6 is 15.9 Å². The molecule has 1 heterocycles. The number of hydrogen-bond acceptors (Lipinski definition) is 3. The van der Waals surface area contributed by atoms with Gasteiger partial charge in [0.2, 0.25) is 0 Å². The Bertz CT molecular complexity index is 522. The molecule has 0 saturated carbocycles. The van der Waals surface area contributed by atoms with Crippen molar-refractivity contribution >= 4 is 21.7 Å². The fourth-order valence-electron chi connectivity index (χ4n) is 1.56. The van der Waals surface area contributed by atoms with E-state index < -0.39 is 0 Å². The number of halogens is 1. The van der Waals surface area contributed by atoms with E-state index >= 15 is 0 Å². The standard InChI is InChI=1S/C11H12BrN3O/c1-6-8(9-5-14-15-11(9)13)3-7(16-2)4-10(6)12/h3-5H,1-2H3,(H3,13,14,15). The van der Waals surface area contributed by atoms with Crippen molar-refractivity contribution in [2.24, 2.45) is 0 Å². The first-order valence-corrected chi connectivity index (χ1v) is 5.56. The van der Waals surface area contributed by atoms with Gasteiger partial charge in [-0.2, -0.15) is 5.10 Å². The van der Waals surface area contributed by atoms with E-state index in [9.17, 15) is 0 Å². The van der Waals surface area contributed by atoms with Crippen molar-refractivity contribution in [3.05, 3.63) is 28.4 Å². The normalized spacial score (nSPS) is 10.4. The van der Waals surface area contributed by atoms with E-state index in [1.807, 2.05) is 19.1 Å². The van der Waals surface area contributed by atoms with E-state index in [0.717, 1.165) is 26.9 Å². The van der Waals surface area contributed by atoms with Crippen molar-refractivity contribution in [2.45, 2.75) is 6.92 Å². The minimum atomic E-state index is 0.559. The van der Waals surface area contributed by atoms with Gasteiger partial charge in [-0.05, 0) is 30.2 Å². The minimum Gasteiger partial charge on any atom is -0.497 e. The Morgan fingerprint density at radius 2 is 2.12 bits per heavy atom. The summed E-state index contributed by atoms with van der Waals surface area (Å²) in [7, 11) is 1.64. The number of aromatic amines is 1. The van der Waals surface area contributed by atoms with Gasteiger partial charge in [-0.3, -0.25) is 5.10 Å². The first kappa shape index (κ1) is 11.0. The van der Waals surface area contributed by atoms with Gasteiger partial charge in [-0.25, -0.2) is 0 Å². The minimum absolute atomic E-state index is 0.559. The second kappa shape index (κ2) is 4.17. The van der Waals surface area contributed by atoms with Crippen molar-refractivity contribution in [3.63, 3.8) is 0 Å². The summed E-state index contributed by atoms with van der Waals surface area (Å²) in [6.45, 7) is 2.02. The van der Waals surface area contributed by atoms with Gasteiger partial charge in [0.15, 0.2) is 0 Å². The van der Waals surface area contributed by atoms with Crippen LogP contribution < -0.4 is 10.5 Å². The quantitative estimate of drug-likeness (QED) is 0.890. The molecule has 0 atom stereocenters. The summed E-state index contributed by atoms with van der Waals surface area (Å²) in [5, 5.41) is 6.64. The van der Waals surface area contributed by atoms with Gasteiger partial charge in [-0.1, -0.05) is 15.9 Å². The maximum Gasteiger partial charge on any atom is 0.126 e. The number of methoxy groups -OCH3 is 1.